The van der Waals surface area contributed by atoms with Crippen LogP contribution >= 0.6 is 0 Å². The molecule has 2 fully saturated rings. The molecule has 0 unspecified atom stereocenters. The van der Waals surface area contributed by atoms with Crippen molar-refractivity contribution in [2.45, 2.75) is 135 Å². The molecule has 1 aromatic rings. The van der Waals surface area contributed by atoms with Crippen LogP contribution in [0.5, 0.6) is 0 Å². The average Bonchev–Trinajstić information content (AvgIpc) is 2.81. The van der Waals surface area contributed by atoms with Gasteiger partial charge in [0.1, 0.15) is 6.71 Å². The summed E-state index contributed by atoms with van der Waals surface area (Å²) < 4.78 is 0. The van der Waals surface area contributed by atoms with Crippen LogP contribution in [0, 0.1) is 0 Å². The SMILES string of the molecule is CC(C)=CCC/C(C)=C/CCc1ccccc1CCB(C1CCCCC1)C1CCCCC1. The maximum Gasteiger partial charge on any atom is 0.146 e. The molecule has 3 rings (SSSR count). The zero-order valence-electron chi connectivity index (χ0n) is 21.5. The number of hydrogen-bond acceptors (Lipinski definition) is 0. The molecule has 0 spiro atoms. The summed E-state index contributed by atoms with van der Waals surface area (Å²) >= 11 is 0. The van der Waals surface area contributed by atoms with Crippen LogP contribution < -0.4 is 0 Å². The van der Waals surface area contributed by atoms with E-state index in [1.54, 1.807) is 16.7 Å². The highest BCUT2D eigenvalue weighted by Gasteiger charge is 2.34. The molecule has 0 radical (unpaired) electrons. The highest BCUT2D eigenvalue weighted by molar-refractivity contribution is 6.62. The van der Waals surface area contributed by atoms with Gasteiger partial charge >= 0.3 is 0 Å². The summed E-state index contributed by atoms with van der Waals surface area (Å²) in [5, 5.41) is 0. The van der Waals surface area contributed by atoms with E-state index >= 15 is 0 Å². The second kappa shape index (κ2) is 14.1. The summed E-state index contributed by atoms with van der Waals surface area (Å²) in [6.45, 7) is 7.69. The van der Waals surface area contributed by atoms with Crippen LogP contribution in [0.25, 0.3) is 0 Å². The molecule has 0 bridgehead atoms. The van der Waals surface area contributed by atoms with Crippen LogP contribution in [0.1, 0.15) is 115 Å². The maximum absolute atomic E-state index is 2.49. The predicted molar refractivity (Wildman–Crippen MR) is 145 cm³/mol. The summed E-state index contributed by atoms with van der Waals surface area (Å²) in [6, 6.07) is 9.36. The number of hydrogen-bond donors (Lipinski definition) is 0. The molecule has 0 aromatic heterocycles. The molecule has 0 amide bonds. The van der Waals surface area contributed by atoms with Crippen LogP contribution in [0.15, 0.2) is 47.6 Å². The fourth-order valence-electron chi connectivity index (χ4n) is 6.51. The first kappa shape index (κ1) is 25.4. The molecule has 1 heteroatoms. The van der Waals surface area contributed by atoms with Crippen molar-refractivity contribution in [2.75, 3.05) is 0 Å². The van der Waals surface area contributed by atoms with Crippen molar-refractivity contribution in [1.29, 1.82) is 0 Å². The van der Waals surface area contributed by atoms with E-state index in [1.165, 1.54) is 108 Å². The van der Waals surface area contributed by atoms with Gasteiger partial charge in [-0.3, -0.25) is 0 Å². The Morgan fingerprint density at radius 1 is 0.750 bits per heavy atom. The van der Waals surface area contributed by atoms with Gasteiger partial charge in [-0.05, 0) is 64.0 Å². The second-order valence-electron chi connectivity index (χ2n) is 11.2. The van der Waals surface area contributed by atoms with E-state index in [1.807, 2.05) is 0 Å². The van der Waals surface area contributed by atoms with Gasteiger partial charge in [-0.15, -0.1) is 0 Å². The number of rotatable bonds is 11. The highest BCUT2D eigenvalue weighted by atomic mass is 14.2. The lowest BCUT2D eigenvalue weighted by molar-refractivity contribution is 0.460. The molecule has 2 aliphatic rings. The fourth-order valence-corrected chi connectivity index (χ4v) is 6.51. The molecule has 1 aromatic carbocycles. The molecule has 0 nitrogen and oxygen atoms in total. The third-order valence-electron chi connectivity index (χ3n) is 8.37. The molecule has 32 heavy (non-hydrogen) atoms. The Morgan fingerprint density at radius 2 is 1.31 bits per heavy atom. The van der Waals surface area contributed by atoms with Gasteiger partial charge in [0.15, 0.2) is 0 Å². The summed E-state index contributed by atoms with van der Waals surface area (Å²) in [4.78, 5) is 0. The van der Waals surface area contributed by atoms with E-state index in [-0.39, 0.29) is 0 Å². The number of allylic oxidation sites excluding steroid dienone is 4. The summed E-state index contributed by atoms with van der Waals surface area (Å²) in [5.74, 6) is 2.04. The molecule has 2 saturated carbocycles. The Kier molecular flexibility index (Phi) is 11.2. The van der Waals surface area contributed by atoms with Crippen molar-refractivity contribution in [3.8, 4) is 0 Å². The van der Waals surface area contributed by atoms with Gasteiger partial charge < -0.3 is 0 Å². The van der Waals surface area contributed by atoms with Crippen molar-refractivity contribution >= 4 is 6.71 Å². The van der Waals surface area contributed by atoms with Crippen molar-refractivity contribution in [3.63, 3.8) is 0 Å². The largest absolute Gasteiger partial charge is 0.146 e. The lowest BCUT2D eigenvalue weighted by Crippen LogP contribution is -2.30. The van der Waals surface area contributed by atoms with E-state index in [4.69, 9.17) is 0 Å². The van der Waals surface area contributed by atoms with E-state index in [9.17, 15) is 0 Å². The minimum atomic E-state index is 0.987. The first-order chi connectivity index (χ1) is 15.6. The molecular weight excluding hydrogens is 383 g/mol. The fraction of sp³-hybridized carbons (Fsp3) is 0.677. The molecule has 0 atom stereocenters. The monoisotopic (exact) mass is 432 g/mol. The molecular formula is C31H49B. The van der Waals surface area contributed by atoms with Gasteiger partial charge in [0.25, 0.3) is 0 Å². The molecule has 176 valence electrons. The van der Waals surface area contributed by atoms with E-state index < -0.39 is 0 Å². The van der Waals surface area contributed by atoms with E-state index in [2.05, 4.69) is 57.2 Å². The molecule has 0 N–H and O–H groups in total. The van der Waals surface area contributed by atoms with Crippen molar-refractivity contribution in [2.24, 2.45) is 0 Å². The first-order valence-electron chi connectivity index (χ1n) is 14.0. The van der Waals surface area contributed by atoms with Crippen LogP contribution in [-0.2, 0) is 12.8 Å². The van der Waals surface area contributed by atoms with E-state index in [0.717, 1.165) is 18.3 Å². The predicted octanol–water partition coefficient (Wildman–Crippen LogP) is 10.0. The third-order valence-corrected chi connectivity index (χ3v) is 8.37. The van der Waals surface area contributed by atoms with Crippen molar-refractivity contribution < 1.29 is 0 Å². The molecule has 2 aliphatic carbocycles. The zero-order valence-corrected chi connectivity index (χ0v) is 21.5. The Hall–Kier alpha value is -1.24. The quantitative estimate of drug-likeness (QED) is 0.241. The summed E-state index contributed by atoms with van der Waals surface area (Å²) in [7, 11) is 0. The molecule has 0 aliphatic heterocycles. The van der Waals surface area contributed by atoms with Gasteiger partial charge in [0.05, 0.1) is 0 Å². The Bertz CT molecular complexity index is 694. The lowest BCUT2D eigenvalue weighted by Gasteiger charge is -2.36. The van der Waals surface area contributed by atoms with Gasteiger partial charge in [-0.25, -0.2) is 0 Å². The average molecular weight is 433 g/mol. The highest BCUT2D eigenvalue weighted by Crippen LogP contribution is 2.43. The number of aryl methyl sites for hydroxylation is 2. The minimum absolute atomic E-state index is 0.987. The Labute approximate surface area is 200 Å². The van der Waals surface area contributed by atoms with Crippen molar-refractivity contribution in [3.05, 3.63) is 58.7 Å². The van der Waals surface area contributed by atoms with Gasteiger partial charge in [-0.2, -0.15) is 0 Å². The second-order valence-corrected chi connectivity index (χ2v) is 11.2. The molecule has 0 saturated heterocycles. The van der Waals surface area contributed by atoms with Crippen LogP contribution in [-0.4, -0.2) is 6.71 Å². The van der Waals surface area contributed by atoms with Crippen LogP contribution in [0.4, 0.5) is 0 Å². The van der Waals surface area contributed by atoms with Gasteiger partial charge in [0, 0.05) is 0 Å². The van der Waals surface area contributed by atoms with Gasteiger partial charge in [-0.1, -0.05) is 130 Å². The summed E-state index contributed by atoms with van der Waals surface area (Å²) in [5.41, 5.74) is 6.23. The first-order valence-corrected chi connectivity index (χ1v) is 14.0. The normalized spacial score (nSPS) is 18.5. The van der Waals surface area contributed by atoms with Crippen LogP contribution in [0.2, 0.25) is 18.0 Å². The van der Waals surface area contributed by atoms with Gasteiger partial charge in [0.2, 0.25) is 0 Å². The third kappa shape index (κ3) is 8.60. The Balaban J connectivity index is 1.57. The molecule has 0 heterocycles. The standard InChI is InChI=1S/C31H49B/c1-26(2)14-12-15-27(3)16-13-19-28-17-10-11-18-29(28)24-25-32(30-20-6-4-7-21-30)31-22-8-5-9-23-31/h10-11,14,16-18,30-31H,4-9,12-13,15,19-25H2,1-3H3/b27-16+. The van der Waals surface area contributed by atoms with E-state index in [0.29, 0.717) is 0 Å². The lowest BCUT2D eigenvalue weighted by atomic mass is 9.28. The van der Waals surface area contributed by atoms with Crippen LogP contribution in [0.3, 0.4) is 0 Å². The Morgan fingerprint density at radius 3 is 1.88 bits per heavy atom. The number of benzene rings is 1. The smallest absolute Gasteiger partial charge is 0.0856 e. The summed E-state index contributed by atoms with van der Waals surface area (Å²) in [6.07, 6.45) is 27.4. The van der Waals surface area contributed by atoms with Crippen molar-refractivity contribution in [1.82, 2.24) is 0 Å². The maximum atomic E-state index is 2.49. The topological polar surface area (TPSA) is 0 Å². The minimum Gasteiger partial charge on any atom is -0.0856 e. The zero-order chi connectivity index (χ0) is 22.6.